The van der Waals surface area contributed by atoms with E-state index in [1.54, 1.807) is 0 Å². The quantitative estimate of drug-likeness (QED) is 0.391. The molecule has 0 radical (unpaired) electrons. The highest BCUT2D eigenvalue weighted by molar-refractivity contribution is 7.79. The third-order valence-electron chi connectivity index (χ3n) is 1.17. The molecule has 0 aromatic heterocycles. The van der Waals surface area contributed by atoms with Crippen LogP contribution in [0.1, 0.15) is 0 Å². The fourth-order valence-corrected chi connectivity index (χ4v) is 0.900. The Kier molecular flexibility index (Phi) is 1.95. The molecular weight excluding hydrogens is 168 g/mol. The van der Waals surface area contributed by atoms with E-state index in [4.69, 9.17) is 0 Å². The van der Waals surface area contributed by atoms with Crippen LogP contribution in [0.2, 0.25) is 0 Å². The van der Waals surface area contributed by atoms with Gasteiger partial charge in [-0.05, 0) is 0 Å². The first-order chi connectivity index (χ1) is 5.15. The molecule has 1 heterocycles. The van der Waals surface area contributed by atoms with Crippen LogP contribution in [0.15, 0.2) is 0 Å². The second-order valence-electron chi connectivity index (χ2n) is 1.92. The molecule has 0 spiro atoms. The summed E-state index contributed by atoms with van der Waals surface area (Å²) >= 11 is 4.41. The Hall–Kier alpha value is -1.30. The molecule has 1 aliphatic rings. The number of urea groups is 1. The molecule has 0 saturated carbocycles. The predicted octanol–water partition coefficient (Wildman–Crippen LogP) is -1.03. The summed E-state index contributed by atoms with van der Waals surface area (Å²) in [5.41, 5.74) is 0. The molecule has 1 aliphatic heterocycles. The van der Waals surface area contributed by atoms with E-state index in [-0.39, 0.29) is 0 Å². The van der Waals surface area contributed by atoms with Crippen molar-refractivity contribution in [2.24, 2.45) is 5.92 Å². The minimum Gasteiger partial charge on any atom is -0.277 e. The molecule has 0 atom stereocenters. The Morgan fingerprint density at radius 3 is 2.00 bits per heavy atom. The minimum atomic E-state index is -1.03. The molecular formula is C5H4N2O3S. The van der Waals surface area contributed by atoms with E-state index in [0.29, 0.717) is 0 Å². The minimum absolute atomic E-state index is 0.672. The highest BCUT2D eigenvalue weighted by atomic mass is 32.1. The summed E-state index contributed by atoms with van der Waals surface area (Å²) in [7, 11) is 0. The number of carbonyl (C=O) groups excluding carboxylic acids is 3. The van der Waals surface area contributed by atoms with Crippen LogP contribution in [0.25, 0.3) is 0 Å². The molecule has 11 heavy (non-hydrogen) atoms. The molecule has 0 aliphatic carbocycles. The van der Waals surface area contributed by atoms with Crippen LogP contribution in [0.5, 0.6) is 0 Å². The zero-order chi connectivity index (χ0) is 8.43. The predicted molar refractivity (Wildman–Crippen MR) is 38.8 cm³/mol. The SMILES string of the molecule is O=C1NC(=O)C(C=S)C(=O)N1. The van der Waals surface area contributed by atoms with E-state index in [1.165, 1.54) is 0 Å². The zero-order valence-corrected chi connectivity index (χ0v) is 6.10. The molecule has 58 valence electrons. The fraction of sp³-hybridized carbons (Fsp3) is 0.200. The van der Waals surface area contributed by atoms with Crippen LogP contribution in [0.4, 0.5) is 4.79 Å². The molecule has 0 unspecified atom stereocenters. The molecule has 2 N–H and O–H groups in total. The summed E-state index contributed by atoms with van der Waals surface area (Å²) in [6.07, 6.45) is 0. The number of hydrogen-bond donors (Lipinski definition) is 2. The highest BCUT2D eigenvalue weighted by Gasteiger charge is 2.31. The topological polar surface area (TPSA) is 75.3 Å². The lowest BCUT2D eigenvalue weighted by Crippen LogP contribution is -2.55. The monoisotopic (exact) mass is 172 g/mol. The molecule has 1 fully saturated rings. The summed E-state index contributed by atoms with van der Waals surface area (Å²) in [4.78, 5) is 31.9. The van der Waals surface area contributed by atoms with Crippen LogP contribution in [-0.4, -0.2) is 23.2 Å². The van der Waals surface area contributed by atoms with Crippen LogP contribution < -0.4 is 10.6 Å². The van der Waals surface area contributed by atoms with Gasteiger partial charge in [-0.1, -0.05) is 12.2 Å². The van der Waals surface area contributed by atoms with Gasteiger partial charge in [-0.25, -0.2) is 4.79 Å². The van der Waals surface area contributed by atoms with Crippen molar-refractivity contribution >= 4 is 35.4 Å². The largest absolute Gasteiger partial charge is 0.328 e. The second-order valence-corrected chi connectivity index (χ2v) is 2.19. The molecule has 1 saturated heterocycles. The van der Waals surface area contributed by atoms with Crippen molar-refractivity contribution in [1.82, 2.24) is 10.6 Å². The molecule has 0 bridgehead atoms. The number of nitrogens with one attached hydrogen (secondary N) is 2. The van der Waals surface area contributed by atoms with Gasteiger partial charge in [0.1, 0.15) is 5.92 Å². The average Bonchev–Trinajstić information content (AvgIpc) is 1.85. The number of imide groups is 2. The summed E-state index contributed by atoms with van der Waals surface area (Å²) in [6.45, 7) is 0. The summed E-state index contributed by atoms with van der Waals surface area (Å²) in [5, 5.41) is 4.82. The van der Waals surface area contributed by atoms with Gasteiger partial charge in [-0.2, -0.15) is 0 Å². The van der Waals surface area contributed by atoms with E-state index in [1.807, 2.05) is 10.6 Å². The third-order valence-corrected chi connectivity index (χ3v) is 1.45. The van der Waals surface area contributed by atoms with Crippen LogP contribution in [-0.2, 0) is 9.59 Å². The van der Waals surface area contributed by atoms with Gasteiger partial charge in [0.2, 0.25) is 11.8 Å². The second kappa shape index (κ2) is 2.75. The molecule has 0 aromatic rings. The first kappa shape index (κ1) is 7.80. The number of amides is 4. The van der Waals surface area contributed by atoms with Gasteiger partial charge in [0.05, 0.1) is 0 Å². The van der Waals surface area contributed by atoms with Gasteiger partial charge in [0.25, 0.3) is 0 Å². The maximum atomic E-state index is 10.8. The Morgan fingerprint density at radius 2 is 1.64 bits per heavy atom. The Morgan fingerprint density at radius 1 is 1.18 bits per heavy atom. The zero-order valence-electron chi connectivity index (χ0n) is 5.29. The smallest absolute Gasteiger partial charge is 0.277 e. The molecule has 0 aromatic carbocycles. The van der Waals surface area contributed by atoms with Gasteiger partial charge < -0.3 is 0 Å². The van der Waals surface area contributed by atoms with Crippen molar-refractivity contribution in [1.29, 1.82) is 0 Å². The van der Waals surface area contributed by atoms with Gasteiger partial charge >= 0.3 is 6.03 Å². The number of hydrogen-bond acceptors (Lipinski definition) is 4. The van der Waals surface area contributed by atoms with Gasteiger partial charge in [-0.3, -0.25) is 20.2 Å². The Balaban J connectivity index is 2.82. The fourth-order valence-electron chi connectivity index (χ4n) is 0.653. The standard InChI is InChI=1S/C5H4N2O3S/c8-3-2(1-11)4(9)7-5(10)6-3/h1-2H,(H2,6,7,8,9,10). The van der Waals surface area contributed by atoms with E-state index in [0.717, 1.165) is 5.37 Å². The summed E-state index contributed by atoms with van der Waals surface area (Å²) in [5.74, 6) is -2.37. The molecule has 6 heteroatoms. The van der Waals surface area contributed by atoms with Crippen molar-refractivity contribution in [3.05, 3.63) is 0 Å². The van der Waals surface area contributed by atoms with Crippen molar-refractivity contribution < 1.29 is 14.4 Å². The molecule has 4 amide bonds. The Labute approximate surface area is 67.1 Å². The van der Waals surface area contributed by atoms with Crippen LogP contribution in [0, 0.1) is 5.92 Å². The highest BCUT2D eigenvalue weighted by Crippen LogP contribution is 1.97. The number of rotatable bonds is 1. The van der Waals surface area contributed by atoms with Crippen molar-refractivity contribution in [3.8, 4) is 0 Å². The summed E-state index contributed by atoms with van der Waals surface area (Å²) < 4.78 is 0. The van der Waals surface area contributed by atoms with Gasteiger partial charge in [0.15, 0.2) is 0 Å². The number of barbiturate groups is 1. The van der Waals surface area contributed by atoms with Crippen molar-refractivity contribution in [2.75, 3.05) is 0 Å². The lowest BCUT2D eigenvalue weighted by atomic mass is 10.1. The lowest BCUT2D eigenvalue weighted by Gasteiger charge is -2.16. The normalized spacial score (nSPS) is 19.1. The van der Waals surface area contributed by atoms with E-state index in [9.17, 15) is 14.4 Å². The molecule has 5 nitrogen and oxygen atoms in total. The van der Waals surface area contributed by atoms with Gasteiger partial charge in [0, 0.05) is 5.37 Å². The van der Waals surface area contributed by atoms with E-state index < -0.39 is 23.8 Å². The van der Waals surface area contributed by atoms with Crippen molar-refractivity contribution in [2.45, 2.75) is 0 Å². The maximum Gasteiger partial charge on any atom is 0.328 e. The number of carbonyl (C=O) groups is 3. The van der Waals surface area contributed by atoms with Gasteiger partial charge in [-0.15, -0.1) is 0 Å². The van der Waals surface area contributed by atoms with Crippen LogP contribution >= 0.6 is 12.2 Å². The lowest BCUT2D eigenvalue weighted by molar-refractivity contribution is -0.132. The summed E-state index contributed by atoms with van der Waals surface area (Å²) in [6, 6.07) is -0.798. The maximum absolute atomic E-state index is 10.8. The average molecular weight is 172 g/mol. The van der Waals surface area contributed by atoms with E-state index in [2.05, 4.69) is 12.2 Å². The Bertz CT molecular complexity index is 230. The first-order valence-corrected chi connectivity index (χ1v) is 3.23. The third kappa shape index (κ3) is 1.40. The van der Waals surface area contributed by atoms with Crippen molar-refractivity contribution in [3.63, 3.8) is 0 Å². The van der Waals surface area contributed by atoms with Crippen LogP contribution in [0.3, 0.4) is 0 Å². The number of thiocarbonyl (C=S) groups is 1. The first-order valence-electron chi connectivity index (χ1n) is 2.76. The van der Waals surface area contributed by atoms with E-state index >= 15 is 0 Å². The molecule has 1 rings (SSSR count).